The molecule has 3 nitrogen and oxygen atoms in total. The summed E-state index contributed by atoms with van der Waals surface area (Å²) in [5.74, 6) is 0.0232. The Morgan fingerprint density at radius 3 is 2.22 bits per heavy atom. The van der Waals surface area contributed by atoms with Crippen LogP contribution in [0.4, 0.5) is 5.69 Å². The minimum absolute atomic E-state index is 0.0232. The Balaban J connectivity index is 2.72. The standard InChI is InChI=1S/C12H15BrCl2N2O/c1-3-17(4-2)11(18)7-16-12-9(14)5-8(13)6-10(12)15/h5-6,16H,3-4,7H2,1-2H3. The summed E-state index contributed by atoms with van der Waals surface area (Å²) in [7, 11) is 0. The smallest absolute Gasteiger partial charge is 0.241 e. The van der Waals surface area contributed by atoms with Crippen LogP contribution in [-0.2, 0) is 4.79 Å². The van der Waals surface area contributed by atoms with Crippen LogP contribution >= 0.6 is 39.1 Å². The van der Waals surface area contributed by atoms with Gasteiger partial charge in [-0.1, -0.05) is 39.1 Å². The molecule has 0 aromatic heterocycles. The zero-order valence-corrected chi connectivity index (χ0v) is 13.4. The molecule has 0 radical (unpaired) electrons. The summed E-state index contributed by atoms with van der Waals surface area (Å²) in [6.07, 6.45) is 0. The van der Waals surface area contributed by atoms with Gasteiger partial charge >= 0.3 is 0 Å². The molecule has 1 aromatic carbocycles. The second-order valence-electron chi connectivity index (χ2n) is 3.66. The van der Waals surface area contributed by atoms with Gasteiger partial charge in [-0.2, -0.15) is 0 Å². The van der Waals surface area contributed by atoms with Gasteiger partial charge in [-0.3, -0.25) is 4.79 Å². The number of nitrogens with zero attached hydrogens (tertiary/aromatic N) is 1. The van der Waals surface area contributed by atoms with Crippen LogP contribution in [0.2, 0.25) is 10.0 Å². The minimum Gasteiger partial charge on any atom is -0.374 e. The Kier molecular flexibility index (Phi) is 6.26. The number of nitrogens with one attached hydrogen (secondary N) is 1. The number of carbonyl (C=O) groups excluding carboxylic acids is 1. The molecule has 1 N–H and O–H groups in total. The maximum absolute atomic E-state index is 11.8. The largest absolute Gasteiger partial charge is 0.374 e. The van der Waals surface area contributed by atoms with Crippen LogP contribution in [0.5, 0.6) is 0 Å². The molecule has 0 fully saturated rings. The highest BCUT2D eigenvalue weighted by molar-refractivity contribution is 9.10. The number of rotatable bonds is 5. The third-order valence-corrected chi connectivity index (χ3v) is 3.59. The van der Waals surface area contributed by atoms with E-state index in [4.69, 9.17) is 23.2 Å². The van der Waals surface area contributed by atoms with Gasteiger partial charge in [-0.05, 0) is 26.0 Å². The molecular weight excluding hydrogens is 339 g/mol. The summed E-state index contributed by atoms with van der Waals surface area (Å²) in [6.45, 7) is 5.46. The first kappa shape index (κ1) is 15.6. The molecule has 0 heterocycles. The van der Waals surface area contributed by atoms with E-state index in [0.717, 1.165) is 4.47 Å². The van der Waals surface area contributed by atoms with Crippen molar-refractivity contribution < 1.29 is 4.79 Å². The molecule has 6 heteroatoms. The van der Waals surface area contributed by atoms with Crippen LogP contribution in [0.15, 0.2) is 16.6 Å². The predicted molar refractivity (Wildman–Crippen MR) is 80.6 cm³/mol. The van der Waals surface area contributed by atoms with E-state index in [-0.39, 0.29) is 12.5 Å². The third kappa shape index (κ3) is 4.04. The predicted octanol–water partition coefficient (Wildman–Crippen LogP) is 4.04. The first-order valence-electron chi connectivity index (χ1n) is 5.65. The second-order valence-corrected chi connectivity index (χ2v) is 5.39. The molecule has 0 bridgehead atoms. The molecule has 0 spiro atoms. The zero-order valence-electron chi connectivity index (χ0n) is 10.3. The van der Waals surface area contributed by atoms with Crippen molar-refractivity contribution in [3.63, 3.8) is 0 Å². The highest BCUT2D eigenvalue weighted by Crippen LogP contribution is 2.33. The maximum atomic E-state index is 11.8. The minimum atomic E-state index is 0.0232. The fourth-order valence-electron chi connectivity index (χ4n) is 1.56. The number of benzene rings is 1. The summed E-state index contributed by atoms with van der Waals surface area (Å²) >= 11 is 15.4. The van der Waals surface area contributed by atoms with Crippen molar-refractivity contribution >= 4 is 50.7 Å². The van der Waals surface area contributed by atoms with Crippen molar-refractivity contribution in [3.05, 3.63) is 26.7 Å². The normalized spacial score (nSPS) is 10.3. The lowest BCUT2D eigenvalue weighted by Crippen LogP contribution is -2.35. The Morgan fingerprint density at radius 1 is 1.28 bits per heavy atom. The molecule has 1 amide bonds. The Morgan fingerprint density at radius 2 is 1.78 bits per heavy atom. The highest BCUT2D eigenvalue weighted by Gasteiger charge is 2.12. The van der Waals surface area contributed by atoms with E-state index in [2.05, 4.69) is 21.2 Å². The summed E-state index contributed by atoms with van der Waals surface area (Å²) in [5, 5.41) is 3.96. The molecule has 0 aliphatic carbocycles. The van der Waals surface area contributed by atoms with Gasteiger partial charge in [-0.25, -0.2) is 0 Å². The van der Waals surface area contributed by atoms with Crippen molar-refractivity contribution in [2.45, 2.75) is 13.8 Å². The van der Waals surface area contributed by atoms with Crippen LogP contribution in [0, 0.1) is 0 Å². The van der Waals surface area contributed by atoms with Gasteiger partial charge in [0.15, 0.2) is 0 Å². The summed E-state index contributed by atoms with van der Waals surface area (Å²) in [6, 6.07) is 3.47. The lowest BCUT2D eigenvalue weighted by Gasteiger charge is -2.19. The number of anilines is 1. The topological polar surface area (TPSA) is 32.3 Å². The van der Waals surface area contributed by atoms with Gasteiger partial charge in [-0.15, -0.1) is 0 Å². The van der Waals surface area contributed by atoms with Gasteiger partial charge in [0, 0.05) is 17.6 Å². The van der Waals surface area contributed by atoms with Crippen molar-refractivity contribution in [2.24, 2.45) is 0 Å². The molecule has 0 atom stereocenters. The van der Waals surface area contributed by atoms with Crippen LogP contribution in [-0.4, -0.2) is 30.4 Å². The summed E-state index contributed by atoms with van der Waals surface area (Å²) in [4.78, 5) is 13.6. The van der Waals surface area contributed by atoms with Gasteiger partial charge in [0.05, 0.1) is 22.3 Å². The first-order chi connectivity index (χ1) is 8.49. The average molecular weight is 354 g/mol. The van der Waals surface area contributed by atoms with E-state index in [1.54, 1.807) is 17.0 Å². The van der Waals surface area contributed by atoms with E-state index in [1.807, 2.05) is 13.8 Å². The number of halogens is 3. The summed E-state index contributed by atoms with van der Waals surface area (Å²) in [5.41, 5.74) is 0.585. The van der Waals surface area contributed by atoms with E-state index < -0.39 is 0 Å². The van der Waals surface area contributed by atoms with Crippen LogP contribution < -0.4 is 5.32 Å². The Bertz CT molecular complexity index is 413. The zero-order chi connectivity index (χ0) is 13.7. The third-order valence-electron chi connectivity index (χ3n) is 2.54. The van der Waals surface area contributed by atoms with Crippen molar-refractivity contribution in [3.8, 4) is 0 Å². The van der Waals surface area contributed by atoms with Crippen LogP contribution in [0.3, 0.4) is 0 Å². The Hall–Kier alpha value is -0.450. The molecule has 0 saturated heterocycles. The van der Waals surface area contributed by atoms with E-state index in [1.165, 1.54) is 0 Å². The van der Waals surface area contributed by atoms with Crippen molar-refractivity contribution in [1.82, 2.24) is 4.90 Å². The van der Waals surface area contributed by atoms with Gasteiger partial charge in [0.2, 0.25) is 5.91 Å². The van der Waals surface area contributed by atoms with E-state index in [0.29, 0.717) is 28.8 Å². The molecule has 0 unspecified atom stereocenters. The fourth-order valence-corrected chi connectivity index (χ4v) is 2.91. The van der Waals surface area contributed by atoms with Crippen LogP contribution in [0.25, 0.3) is 0 Å². The highest BCUT2D eigenvalue weighted by atomic mass is 79.9. The van der Waals surface area contributed by atoms with Gasteiger partial charge in [0.25, 0.3) is 0 Å². The molecule has 100 valence electrons. The molecule has 18 heavy (non-hydrogen) atoms. The number of hydrogen-bond acceptors (Lipinski definition) is 2. The molecule has 0 aliphatic rings. The monoisotopic (exact) mass is 352 g/mol. The summed E-state index contributed by atoms with van der Waals surface area (Å²) < 4.78 is 0.804. The maximum Gasteiger partial charge on any atom is 0.241 e. The van der Waals surface area contributed by atoms with Crippen LogP contribution in [0.1, 0.15) is 13.8 Å². The number of hydrogen-bond donors (Lipinski definition) is 1. The fraction of sp³-hybridized carbons (Fsp3) is 0.417. The second kappa shape index (κ2) is 7.22. The lowest BCUT2D eigenvalue weighted by atomic mass is 10.3. The molecule has 1 rings (SSSR count). The van der Waals surface area contributed by atoms with E-state index in [9.17, 15) is 4.79 Å². The number of carbonyl (C=O) groups is 1. The van der Waals surface area contributed by atoms with Gasteiger partial charge in [0.1, 0.15) is 0 Å². The van der Waals surface area contributed by atoms with E-state index >= 15 is 0 Å². The molecule has 0 saturated carbocycles. The lowest BCUT2D eigenvalue weighted by molar-refractivity contribution is -0.128. The number of amides is 1. The quantitative estimate of drug-likeness (QED) is 0.866. The molecule has 1 aromatic rings. The first-order valence-corrected chi connectivity index (χ1v) is 7.20. The van der Waals surface area contributed by atoms with Crippen molar-refractivity contribution in [1.29, 1.82) is 0 Å². The molecule has 0 aliphatic heterocycles. The average Bonchev–Trinajstić information content (AvgIpc) is 2.29. The van der Waals surface area contributed by atoms with Crippen molar-refractivity contribution in [2.75, 3.05) is 25.0 Å². The Labute approximate surface area is 126 Å². The van der Waals surface area contributed by atoms with Gasteiger partial charge < -0.3 is 10.2 Å². The molecular formula is C12H15BrCl2N2O. The number of likely N-dealkylation sites (N-methyl/N-ethyl adjacent to an activating group) is 1. The SMILES string of the molecule is CCN(CC)C(=O)CNc1c(Cl)cc(Br)cc1Cl.